The van der Waals surface area contributed by atoms with Gasteiger partial charge in [-0.05, 0) is 30.2 Å². The number of benzene rings is 2. The van der Waals surface area contributed by atoms with E-state index in [0.29, 0.717) is 5.95 Å². The third-order valence-corrected chi connectivity index (χ3v) is 5.12. The Hall–Kier alpha value is -3.35. The number of anilines is 3. The van der Waals surface area contributed by atoms with Crippen LogP contribution in [0, 0.1) is 0 Å². The van der Waals surface area contributed by atoms with Crippen LogP contribution in [0.5, 0.6) is 5.75 Å². The first-order valence-corrected chi connectivity index (χ1v) is 9.94. The minimum atomic E-state index is 0.681. The summed E-state index contributed by atoms with van der Waals surface area (Å²) in [7, 11) is 1.70. The standard InChI is InChI=1S/C22H26N6O/c1-29-20-10-6-5-7-18(20)11-12-23-21-17-24-26-22(25-21)28-15-13-27(14-16-28)19-8-3-2-4-9-19/h2-10,17H,11-16H2,1H3,(H,23,25,26). The van der Waals surface area contributed by atoms with Gasteiger partial charge in [0, 0.05) is 38.4 Å². The van der Waals surface area contributed by atoms with E-state index in [0.717, 1.165) is 50.7 Å². The highest BCUT2D eigenvalue weighted by Gasteiger charge is 2.19. The normalized spacial score (nSPS) is 14.0. The van der Waals surface area contributed by atoms with E-state index in [-0.39, 0.29) is 0 Å². The number of nitrogens with zero attached hydrogens (tertiary/aromatic N) is 5. The largest absolute Gasteiger partial charge is 0.496 e. The Kier molecular flexibility index (Phi) is 6.04. The Balaban J connectivity index is 1.32. The van der Waals surface area contributed by atoms with Crippen LogP contribution in [0.2, 0.25) is 0 Å². The predicted octanol–water partition coefficient (Wildman–Crippen LogP) is 2.86. The summed E-state index contributed by atoms with van der Waals surface area (Å²) in [6.07, 6.45) is 2.52. The molecule has 1 aliphatic heterocycles. The topological polar surface area (TPSA) is 66.4 Å². The fourth-order valence-electron chi connectivity index (χ4n) is 3.55. The number of para-hydroxylation sites is 2. The molecule has 7 heteroatoms. The molecule has 0 saturated carbocycles. The van der Waals surface area contributed by atoms with Gasteiger partial charge in [0.15, 0.2) is 5.82 Å². The van der Waals surface area contributed by atoms with Gasteiger partial charge in [0.2, 0.25) is 5.95 Å². The third-order valence-electron chi connectivity index (χ3n) is 5.12. The molecule has 7 nitrogen and oxygen atoms in total. The second-order valence-corrected chi connectivity index (χ2v) is 6.94. The number of piperazine rings is 1. The zero-order valence-corrected chi connectivity index (χ0v) is 16.7. The van der Waals surface area contributed by atoms with Crippen molar-refractivity contribution in [2.24, 2.45) is 0 Å². The van der Waals surface area contributed by atoms with Gasteiger partial charge >= 0.3 is 0 Å². The number of hydrogen-bond donors (Lipinski definition) is 1. The zero-order valence-electron chi connectivity index (χ0n) is 16.7. The number of rotatable bonds is 7. The summed E-state index contributed by atoms with van der Waals surface area (Å²) in [4.78, 5) is 9.24. The van der Waals surface area contributed by atoms with Crippen molar-refractivity contribution in [3.05, 3.63) is 66.4 Å². The first-order chi connectivity index (χ1) is 14.3. The second kappa shape index (κ2) is 9.23. The van der Waals surface area contributed by atoms with Crippen LogP contribution < -0.4 is 19.9 Å². The van der Waals surface area contributed by atoms with Gasteiger partial charge in [-0.25, -0.2) is 0 Å². The molecule has 0 spiro atoms. The lowest BCUT2D eigenvalue weighted by atomic mass is 10.1. The van der Waals surface area contributed by atoms with Gasteiger partial charge in [-0.1, -0.05) is 36.4 Å². The third kappa shape index (κ3) is 4.74. The molecule has 3 aromatic rings. The van der Waals surface area contributed by atoms with Gasteiger partial charge in [0.05, 0.1) is 13.3 Å². The van der Waals surface area contributed by atoms with E-state index in [9.17, 15) is 0 Å². The molecule has 1 aliphatic rings. The monoisotopic (exact) mass is 390 g/mol. The molecule has 2 aromatic carbocycles. The van der Waals surface area contributed by atoms with Crippen molar-refractivity contribution < 1.29 is 4.74 Å². The van der Waals surface area contributed by atoms with Crippen LogP contribution in [0.3, 0.4) is 0 Å². The molecule has 0 aliphatic carbocycles. The molecule has 1 N–H and O–H groups in total. The van der Waals surface area contributed by atoms with Gasteiger partial charge in [0.25, 0.3) is 0 Å². The smallest absolute Gasteiger partial charge is 0.247 e. The SMILES string of the molecule is COc1ccccc1CCNc1cnnc(N2CCN(c3ccccc3)CC2)n1. The highest BCUT2D eigenvalue weighted by molar-refractivity contribution is 5.48. The van der Waals surface area contributed by atoms with Crippen LogP contribution in [0.1, 0.15) is 5.56 Å². The summed E-state index contributed by atoms with van der Waals surface area (Å²) in [5.74, 6) is 2.34. The molecular formula is C22H26N6O. The van der Waals surface area contributed by atoms with E-state index >= 15 is 0 Å². The first kappa shape index (κ1) is 19.0. The van der Waals surface area contributed by atoms with E-state index in [2.05, 4.69) is 60.6 Å². The molecule has 0 radical (unpaired) electrons. The number of hydrogen-bond acceptors (Lipinski definition) is 7. The summed E-state index contributed by atoms with van der Waals surface area (Å²) in [6.45, 7) is 4.39. The minimum absolute atomic E-state index is 0.681. The number of ether oxygens (including phenoxy) is 1. The fraction of sp³-hybridized carbons (Fsp3) is 0.318. The van der Waals surface area contributed by atoms with Gasteiger partial charge in [0.1, 0.15) is 5.75 Å². The van der Waals surface area contributed by atoms with E-state index in [4.69, 9.17) is 4.74 Å². The molecule has 1 saturated heterocycles. The molecule has 29 heavy (non-hydrogen) atoms. The summed E-state index contributed by atoms with van der Waals surface area (Å²) in [6, 6.07) is 18.6. The van der Waals surface area contributed by atoms with Crippen molar-refractivity contribution in [2.75, 3.05) is 55.0 Å². The second-order valence-electron chi connectivity index (χ2n) is 6.94. The van der Waals surface area contributed by atoms with Gasteiger partial charge in [-0.15, -0.1) is 5.10 Å². The maximum atomic E-state index is 5.41. The van der Waals surface area contributed by atoms with Crippen molar-refractivity contribution in [1.82, 2.24) is 15.2 Å². The van der Waals surface area contributed by atoms with Crippen molar-refractivity contribution in [1.29, 1.82) is 0 Å². The molecule has 0 atom stereocenters. The van der Waals surface area contributed by atoms with Gasteiger partial charge < -0.3 is 19.9 Å². The minimum Gasteiger partial charge on any atom is -0.496 e. The Morgan fingerprint density at radius 1 is 0.931 bits per heavy atom. The molecule has 1 aromatic heterocycles. The first-order valence-electron chi connectivity index (χ1n) is 9.94. The molecule has 2 heterocycles. The van der Waals surface area contributed by atoms with Crippen LogP contribution in [0.25, 0.3) is 0 Å². The fourth-order valence-corrected chi connectivity index (χ4v) is 3.55. The van der Waals surface area contributed by atoms with E-state index in [1.54, 1.807) is 13.3 Å². The Labute approximate surface area is 171 Å². The lowest BCUT2D eigenvalue weighted by molar-refractivity contribution is 0.410. The predicted molar refractivity (Wildman–Crippen MR) is 116 cm³/mol. The summed E-state index contributed by atoms with van der Waals surface area (Å²) >= 11 is 0. The highest BCUT2D eigenvalue weighted by Crippen LogP contribution is 2.19. The lowest BCUT2D eigenvalue weighted by Crippen LogP contribution is -2.47. The van der Waals surface area contributed by atoms with Crippen LogP contribution in [0.15, 0.2) is 60.8 Å². The van der Waals surface area contributed by atoms with Crippen molar-refractivity contribution in [3.8, 4) is 5.75 Å². The zero-order chi connectivity index (χ0) is 19.9. The Bertz CT molecular complexity index is 912. The Morgan fingerprint density at radius 2 is 1.66 bits per heavy atom. The average molecular weight is 390 g/mol. The molecule has 0 bridgehead atoms. The molecule has 0 unspecified atom stereocenters. The Morgan fingerprint density at radius 3 is 2.45 bits per heavy atom. The van der Waals surface area contributed by atoms with Crippen molar-refractivity contribution in [2.45, 2.75) is 6.42 Å². The van der Waals surface area contributed by atoms with Gasteiger partial charge in [-0.3, -0.25) is 0 Å². The van der Waals surface area contributed by atoms with Crippen LogP contribution >= 0.6 is 0 Å². The molecule has 150 valence electrons. The van der Waals surface area contributed by atoms with Gasteiger partial charge in [-0.2, -0.15) is 10.1 Å². The summed E-state index contributed by atoms with van der Waals surface area (Å²) in [5, 5.41) is 11.7. The molecular weight excluding hydrogens is 364 g/mol. The quantitative estimate of drug-likeness (QED) is 0.665. The van der Waals surface area contributed by atoms with Crippen LogP contribution in [0.4, 0.5) is 17.5 Å². The van der Waals surface area contributed by atoms with Crippen LogP contribution in [-0.2, 0) is 6.42 Å². The maximum Gasteiger partial charge on any atom is 0.247 e. The van der Waals surface area contributed by atoms with E-state index in [1.807, 2.05) is 24.3 Å². The maximum absolute atomic E-state index is 5.41. The summed E-state index contributed by atoms with van der Waals surface area (Å²) in [5.41, 5.74) is 2.43. The van der Waals surface area contributed by atoms with Crippen LogP contribution in [-0.4, -0.2) is 55.0 Å². The van der Waals surface area contributed by atoms with Crippen molar-refractivity contribution >= 4 is 17.5 Å². The highest BCUT2D eigenvalue weighted by atomic mass is 16.5. The van der Waals surface area contributed by atoms with E-state index in [1.165, 1.54) is 11.3 Å². The lowest BCUT2D eigenvalue weighted by Gasteiger charge is -2.35. The summed E-state index contributed by atoms with van der Waals surface area (Å²) < 4.78 is 5.41. The number of aromatic nitrogens is 3. The molecule has 4 rings (SSSR count). The average Bonchev–Trinajstić information content (AvgIpc) is 2.80. The van der Waals surface area contributed by atoms with E-state index < -0.39 is 0 Å². The number of methoxy groups -OCH3 is 1. The van der Waals surface area contributed by atoms with Crippen molar-refractivity contribution in [3.63, 3.8) is 0 Å². The molecule has 0 amide bonds. The number of nitrogens with one attached hydrogen (secondary N) is 1. The molecule has 1 fully saturated rings.